The van der Waals surface area contributed by atoms with Crippen molar-refractivity contribution in [1.82, 2.24) is 0 Å². The summed E-state index contributed by atoms with van der Waals surface area (Å²) in [6.07, 6.45) is 6.73. The van der Waals surface area contributed by atoms with E-state index < -0.39 is 0 Å². The molecule has 0 unspecified atom stereocenters. The normalized spacial score (nSPS) is 10.4. The van der Waals surface area contributed by atoms with Crippen LogP contribution >= 0.6 is 0 Å². The zero-order valence-electron chi connectivity index (χ0n) is 10.2. The molecule has 0 aromatic heterocycles. The molecule has 0 aliphatic heterocycles. The summed E-state index contributed by atoms with van der Waals surface area (Å²) in [7, 11) is 1.38. The highest BCUT2D eigenvalue weighted by molar-refractivity contribution is 5.87. The number of carbonyl (C=O) groups excluding carboxylic acids is 1. The van der Waals surface area contributed by atoms with Crippen LogP contribution < -0.4 is 0 Å². The predicted octanol–water partition coefficient (Wildman–Crippen LogP) is 3.60. The average Bonchev–Trinajstić information content (AvgIpc) is 2.38. The van der Waals surface area contributed by atoms with Crippen LogP contribution in [0.4, 0.5) is 0 Å². The summed E-state index contributed by atoms with van der Waals surface area (Å²) in [6, 6.07) is 10.1. The molecule has 90 valence electrons. The molecule has 17 heavy (non-hydrogen) atoms. The number of benzene rings is 1. The number of carbonyl (C=O) groups is 1. The van der Waals surface area contributed by atoms with Crippen molar-refractivity contribution in [2.45, 2.75) is 19.3 Å². The smallest absolute Gasteiger partial charge is 0.333 e. The molecule has 1 rings (SSSR count). The maximum absolute atomic E-state index is 11.1. The molecule has 1 aromatic rings. The van der Waals surface area contributed by atoms with Crippen LogP contribution in [0.1, 0.15) is 24.8 Å². The van der Waals surface area contributed by atoms with Gasteiger partial charge in [0.1, 0.15) is 0 Å². The van der Waals surface area contributed by atoms with Crippen molar-refractivity contribution < 1.29 is 9.53 Å². The summed E-state index contributed by atoms with van der Waals surface area (Å²) >= 11 is 0. The fourth-order valence-corrected chi connectivity index (χ4v) is 1.46. The highest BCUT2D eigenvalue weighted by Crippen LogP contribution is 2.09. The second-order valence-corrected chi connectivity index (χ2v) is 3.80. The number of rotatable bonds is 6. The topological polar surface area (TPSA) is 26.3 Å². The number of unbranched alkanes of at least 4 members (excludes halogenated alkanes) is 1. The molecular formula is C15H18O2. The van der Waals surface area contributed by atoms with Crippen molar-refractivity contribution in [3.8, 4) is 0 Å². The fraction of sp³-hybridized carbons (Fsp3) is 0.267. The van der Waals surface area contributed by atoms with Gasteiger partial charge < -0.3 is 4.74 Å². The fourth-order valence-electron chi connectivity index (χ4n) is 1.46. The summed E-state index contributed by atoms with van der Waals surface area (Å²) < 4.78 is 4.58. The highest BCUT2D eigenvalue weighted by atomic mass is 16.5. The SMILES string of the molecule is C=C(CCC/C=C/c1ccccc1)C(=O)OC. The number of hydrogen-bond acceptors (Lipinski definition) is 2. The Bertz CT molecular complexity index is 391. The van der Waals surface area contributed by atoms with Crippen LogP contribution in [0.15, 0.2) is 48.6 Å². The molecule has 0 radical (unpaired) electrons. The minimum Gasteiger partial charge on any atom is -0.466 e. The summed E-state index contributed by atoms with van der Waals surface area (Å²) in [5.41, 5.74) is 1.74. The number of methoxy groups -OCH3 is 1. The van der Waals surface area contributed by atoms with E-state index in [0.29, 0.717) is 12.0 Å². The molecular weight excluding hydrogens is 212 g/mol. The molecule has 0 atom stereocenters. The average molecular weight is 230 g/mol. The van der Waals surface area contributed by atoms with Gasteiger partial charge in [-0.2, -0.15) is 0 Å². The van der Waals surface area contributed by atoms with E-state index in [9.17, 15) is 4.79 Å². The van der Waals surface area contributed by atoms with Crippen molar-refractivity contribution in [2.75, 3.05) is 7.11 Å². The predicted molar refractivity (Wildman–Crippen MR) is 70.5 cm³/mol. The van der Waals surface area contributed by atoms with Crippen molar-refractivity contribution in [2.24, 2.45) is 0 Å². The summed E-state index contributed by atoms with van der Waals surface area (Å²) in [4.78, 5) is 11.1. The quantitative estimate of drug-likeness (QED) is 0.424. The minimum atomic E-state index is -0.308. The summed E-state index contributed by atoms with van der Waals surface area (Å²) in [6.45, 7) is 3.68. The van der Waals surface area contributed by atoms with Gasteiger partial charge >= 0.3 is 5.97 Å². The molecule has 0 fully saturated rings. The van der Waals surface area contributed by atoms with E-state index in [0.717, 1.165) is 12.8 Å². The van der Waals surface area contributed by atoms with Crippen LogP contribution in [0, 0.1) is 0 Å². The lowest BCUT2D eigenvalue weighted by atomic mass is 10.1. The maximum Gasteiger partial charge on any atom is 0.333 e. The van der Waals surface area contributed by atoms with Gasteiger partial charge in [-0.3, -0.25) is 0 Å². The van der Waals surface area contributed by atoms with Gasteiger partial charge in [0.2, 0.25) is 0 Å². The van der Waals surface area contributed by atoms with E-state index in [1.807, 2.05) is 18.2 Å². The van der Waals surface area contributed by atoms with Crippen LogP contribution in [0.25, 0.3) is 6.08 Å². The molecule has 0 saturated heterocycles. The first-order valence-electron chi connectivity index (χ1n) is 5.71. The molecule has 2 nitrogen and oxygen atoms in total. The van der Waals surface area contributed by atoms with E-state index in [2.05, 4.69) is 35.6 Å². The first-order valence-corrected chi connectivity index (χ1v) is 5.71. The molecule has 0 spiro atoms. The number of esters is 1. The van der Waals surface area contributed by atoms with Crippen molar-refractivity contribution in [3.05, 3.63) is 54.1 Å². The Morgan fingerprint density at radius 2 is 2.06 bits per heavy atom. The third kappa shape index (κ3) is 5.16. The van der Waals surface area contributed by atoms with Crippen molar-refractivity contribution in [3.63, 3.8) is 0 Å². The first-order chi connectivity index (χ1) is 8.24. The maximum atomic E-state index is 11.1. The van der Waals surface area contributed by atoms with Gasteiger partial charge in [-0.25, -0.2) is 4.79 Å². The van der Waals surface area contributed by atoms with Crippen LogP contribution in [0.2, 0.25) is 0 Å². The highest BCUT2D eigenvalue weighted by Gasteiger charge is 2.04. The lowest BCUT2D eigenvalue weighted by molar-refractivity contribution is -0.136. The number of hydrogen-bond donors (Lipinski definition) is 0. The lowest BCUT2D eigenvalue weighted by Gasteiger charge is -2.01. The Kier molecular flexibility index (Phi) is 5.80. The van der Waals surface area contributed by atoms with E-state index in [1.54, 1.807) is 0 Å². The number of ether oxygens (including phenoxy) is 1. The standard InChI is InChI=1S/C15H18O2/c1-13(15(16)17-2)9-5-3-6-10-14-11-7-4-8-12-14/h4,6-8,10-12H,1,3,5,9H2,2H3/b10-6+. The molecule has 0 aliphatic rings. The molecule has 0 N–H and O–H groups in total. The Morgan fingerprint density at radius 1 is 1.35 bits per heavy atom. The monoisotopic (exact) mass is 230 g/mol. The minimum absolute atomic E-state index is 0.308. The van der Waals surface area contributed by atoms with E-state index in [-0.39, 0.29) is 5.97 Å². The second kappa shape index (κ2) is 7.44. The van der Waals surface area contributed by atoms with Crippen molar-refractivity contribution >= 4 is 12.0 Å². The largest absolute Gasteiger partial charge is 0.466 e. The third-order valence-corrected chi connectivity index (χ3v) is 2.43. The van der Waals surface area contributed by atoms with Crippen LogP contribution in [-0.4, -0.2) is 13.1 Å². The Morgan fingerprint density at radius 3 is 2.71 bits per heavy atom. The van der Waals surface area contributed by atoms with Crippen molar-refractivity contribution in [1.29, 1.82) is 0 Å². The van der Waals surface area contributed by atoms with Crippen LogP contribution in [-0.2, 0) is 9.53 Å². The van der Waals surface area contributed by atoms with Gasteiger partial charge in [0.25, 0.3) is 0 Å². The zero-order valence-corrected chi connectivity index (χ0v) is 10.2. The third-order valence-electron chi connectivity index (χ3n) is 2.43. The van der Waals surface area contributed by atoms with Gasteiger partial charge in [-0.05, 0) is 24.8 Å². The van der Waals surface area contributed by atoms with E-state index >= 15 is 0 Å². The molecule has 0 aliphatic carbocycles. The number of allylic oxidation sites excluding steroid dienone is 1. The Hall–Kier alpha value is -1.83. The molecule has 0 saturated carbocycles. The van der Waals surface area contributed by atoms with Gasteiger partial charge in [-0.15, -0.1) is 0 Å². The van der Waals surface area contributed by atoms with E-state index in [1.165, 1.54) is 12.7 Å². The van der Waals surface area contributed by atoms with E-state index in [4.69, 9.17) is 0 Å². The molecule has 2 heteroatoms. The molecule has 0 amide bonds. The second-order valence-electron chi connectivity index (χ2n) is 3.80. The van der Waals surface area contributed by atoms with Crippen LogP contribution in [0.5, 0.6) is 0 Å². The summed E-state index contributed by atoms with van der Waals surface area (Å²) in [5, 5.41) is 0. The zero-order chi connectivity index (χ0) is 12.5. The van der Waals surface area contributed by atoms with Gasteiger partial charge in [0.15, 0.2) is 0 Å². The van der Waals surface area contributed by atoms with Gasteiger partial charge in [-0.1, -0.05) is 49.1 Å². The Labute approximate surface area is 103 Å². The lowest BCUT2D eigenvalue weighted by Crippen LogP contribution is -2.02. The van der Waals surface area contributed by atoms with Gasteiger partial charge in [0.05, 0.1) is 7.11 Å². The molecule has 0 bridgehead atoms. The van der Waals surface area contributed by atoms with Crippen LogP contribution in [0.3, 0.4) is 0 Å². The van der Waals surface area contributed by atoms with Gasteiger partial charge in [0, 0.05) is 5.57 Å². The first kappa shape index (κ1) is 13.2. The molecule has 0 heterocycles. The summed E-state index contributed by atoms with van der Waals surface area (Å²) in [5.74, 6) is -0.308. The Balaban J connectivity index is 2.23. The molecule has 1 aromatic carbocycles.